The molecule has 0 fully saturated rings. The summed E-state index contributed by atoms with van der Waals surface area (Å²) in [6, 6.07) is 8.75. The highest BCUT2D eigenvalue weighted by molar-refractivity contribution is 5.47. The molecule has 1 rings (SSSR count). The van der Waals surface area contributed by atoms with Crippen LogP contribution in [-0.4, -0.2) is 6.10 Å². The van der Waals surface area contributed by atoms with Crippen LogP contribution in [0, 0.1) is 6.07 Å². The lowest BCUT2D eigenvalue weighted by Crippen LogP contribution is -2.05. The van der Waals surface area contributed by atoms with Crippen molar-refractivity contribution in [3.8, 4) is 5.75 Å². The third-order valence-corrected chi connectivity index (χ3v) is 1.41. The Morgan fingerprint density at radius 1 is 1.50 bits per heavy atom. The second kappa shape index (κ2) is 3.96. The molecule has 12 heavy (non-hydrogen) atoms. The van der Waals surface area contributed by atoms with Crippen LogP contribution in [0.25, 0.3) is 6.08 Å². The van der Waals surface area contributed by atoms with E-state index in [1.165, 1.54) is 0 Å². The third kappa shape index (κ3) is 2.42. The summed E-state index contributed by atoms with van der Waals surface area (Å²) in [6.07, 6.45) is 1.99. The summed E-state index contributed by atoms with van der Waals surface area (Å²) in [5.41, 5.74) is 1.06. The molecule has 1 aromatic carbocycles. The maximum atomic E-state index is 5.42. The van der Waals surface area contributed by atoms with Crippen LogP contribution in [0.2, 0.25) is 0 Å². The zero-order valence-corrected chi connectivity index (χ0v) is 7.50. The Morgan fingerprint density at radius 2 is 2.25 bits per heavy atom. The largest absolute Gasteiger partial charge is 0.490 e. The SMILES string of the molecule is C=Cc1c[c]c(OC(C)C)cc1. The Kier molecular flexibility index (Phi) is 2.92. The molecule has 0 amide bonds. The molecular formula is C11H13O. The highest BCUT2D eigenvalue weighted by atomic mass is 16.5. The van der Waals surface area contributed by atoms with Crippen LogP contribution in [0.1, 0.15) is 19.4 Å². The smallest absolute Gasteiger partial charge is 0.127 e. The fraction of sp³-hybridized carbons (Fsp3) is 0.273. The zero-order chi connectivity index (χ0) is 8.97. The molecule has 0 N–H and O–H groups in total. The first-order valence-corrected chi connectivity index (χ1v) is 4.03. The topological polar surface area (TPSA) is 9.23 Å². The minimum absolute atomic E-state index is 0.204. The molecule has 1 heteroatoms. The van der Waals surface area contributed by atoms with Gasteiger partial charge in [-0.05, 0) is 31.5 Å². The van der Waals surface area contributed by atoms with E-state index in [-0.39, 0.29) is 6.10 Å². The van der Waals surface area contributed by atoms with Gasteiger partial charge in [0.2, 0.25) is 0 Å². The van der Waals surface area contributed by atoms with Gasteiger partial charge < -0.3 is 4.74 Å². The number of benzene rings is 1. The Balaban J connectivity index is 2.71. The molecule has 0 heterocycles. The van der Waals surface area contributed by atoms with Gasteiger partial charge in [0.05, 0.1) is 6.10 Å². The summed E-state index contributed by atoms with van der Waals surface area (Å²) in [5.74, 6) is 0.788. The van der Waals surface area contributed by atoms with Crippen molar-refractivity contribution >= 4 is 6.08 Å². The van der Waals surface area contributed by atoms with Crippen LogP contribution in [0.15, 0.2) is 24.8 Å². The summed E-state index contributed by atoms with van der Waals surface area (Å²) in [4.78, 5) is 0. The summed E-state index contributed by atoms with van der Waals surface area (Å²) >= 11 is 0. The molecule has 0 aromatic heterocycles. The molecular weight excluding hydrogens is 148 g/mol. The molecule has 1 nitrogen and oxygen atoms in total. The molecule has 0 saturated carbocycles. The van der Waals surface area contributed by atoms with E-state index in [0.717, 1.165) is 11.3 Å². The molecule has 0 saturated heterocycles. The van der Waals surface area contributed by atoms with Crippen LogP contribution in [0.5, 0.6) is 5.75 Å². The Labute approximate surface area is 73.7 Å². The molecule has 0 spiro atoms. The van der Waals surface area contributed by atoms with Gasteiger partial charge in [-0.2, -0.15) is 0 Å². The summed E-state index contributed by atoms with van der Waals surface area (Å²) in [6.45, 7) is 7.65. The van der Waals surface area contributed by atoms with E-state index in [9.17, 15) is 0 Å². The highest BCUT2D eigenvalue weighted by Gasteiger charge is 1.95. The van der Waals surface area contributed by atoms with Crippen molar-refractivity contribution < 1.29 is 4.74 Å². The van der Waals surface area contributed by atoms with E-state index >= 15 is 0 Å². The van der Waals surface area contributed by atoms with E-state index < -0.39 is 0 Å². The van der Waals surface area contributed by atoms with Gasteiger partial charge >= 0.3 is 0 Å². The van der Waals surface area contributed by atoms with Gasteiger partial charge in [0, 0.05) is 6.07 Å². The van der Waals surface area contributed by atoms with Crippen molar-refractivity contribution in [1.82, 2.24) is 0 Å². The van der Waals surface area contributed by atoms with Gasteiger partial charge in [0.25, 0.3) is 0 Å². The van der Waals surface area contributed by atoms with E-state index in [4.69, 9.17) is 4.74 Å². The Bertz CT molecular complexity index is 246. The van der Waals surface area contributed by atoms with Crippen molar-refractivity contribution in [3.63, 3.8) is 0 Å². The maximum absolute atomic E-state index is 5.42. The van der Waals surface area contributed by atoms with E-state index in [1.54, 1.807) is 6.08 Å². The molecule has 63 valence electrons. The summed E-state index contributed by atoms with van der Waals surface area (Å²) in [5, 5.41) is 0. The van der Waals surface area contributed by atoms with Crippen molar-refractivity contribution in [1.29, 1.82) is 0 Å². The molecule has 0 bridgehead atoms. The molecule has 0 aliphatic heterocycles. The predicted molar refractivity (Wildman–Crippen MR) is 51.1 cm³/mol. The molecule has 0 aliphatic carbocycles. The fourth-order valence-electron chi connectivity index (χ4n) is 0.877. The molecule has 0 aliphatic rings. The third-order valence-electron chi connectivity index (χ3n) is 1.41. The minimum Gasteiger partial charge on any atom is -0.490 e. The van der Waals surface area contributed by atoms with E-state index in [2.05, 4.69) is 12.6 Å². The van der Waals surface area contributed by atoms with Crippen molar-refractivity contribution in [2.24, 2.45) is 0 Å². The second-order valence-electron chi connectivity index (χ2n) is 2.86. The van der Waals surface area contributed by atoms with Crippen LogP contribution < -0.4 is 4.74 Å². The van der Waals surface area contributed by atoms with Gasteiger partial charge in [-0.1, -0.05) is 18.7 Å². The number of ether oxygens (including phenoxy) is 1. The maximum Gasteiger partial charge on any atom is 0.127 e. The summed E-state index contributed by atoms with van der Waals surface area (Å²) in [7, 11) is 0. The van der Waals surface area contributed by atoms with Gasteiger partial charge in [0.1, 0.15) is 5.75 Å². The van der Waals surface area contributed by atoms with Crippen LogP contribution in [-0.2, 0) is 0 Å². The second-order valence-corrected chi connectivity index (χ2v) is 2.86. The van der Waals surface area contributed by atoms with Crippen molar-refractivity contribution in [2.75, 3.05) is 0 Å². The monoisotopic (exact) mass is 161 g/mol. The lowest BCUT2D eigenvalue weighted by molar-refractivity contribution is 0.242. The van der Waals surface area contributed by atoms with Crippen LogP contribution >= 0.6 is 0 Å². The first-order valence-electron chi connectivity index (χ1n) is 4.03. The van der Waals surface area contributed by atoms with Gasteiger partial charge in [-0.25, -0.2) is 0 Å². The lowest BCUT2D eigenvalue weighted by Gasteiger charge is -2.08. The number of hydrogen-bond acceptors (Lipinski definition) is 1. The zero-order valence-electron chi connectivity index (χ0n) is 7.50. The van der Waals surface area contributed by atoms with Crippen LogP contribution in [0.4, 0.5) is 0 Å². The van der Waals surface area contributed by atoms with Gasteiger partial charge in [0.15, 0.2) is 0 Å². The highest BCUT2D eigenvalue weighted by Crippen LogP contribution is 2.13. The summed E-state index contributed by atoms with van der Waals surface area (Å²) < 4.78 is 5.42. The number of rotatable bonds is 3. The first-order chi connectivity index (χ1) is 5.72. The first kappa shape index (κ1) is 8.85. The van der Waals surface area contributed by atoms with E-state index in [1.807, 2.05) is 32.0 Å². The van der Waals surface area contributed by atoms with Gasteiger partial charge in [-0.15, -0.1) is 0 Å². The molecule has 1 radical (unpaired) electrons. The Morgan fingerprint density at radius 3 is 2.67 bits per heavy atom. The predicted octanol–water partition coefficient (Wildman–Crippen LogP) is 2.92. The molecule has 0 unspecified atom stereocenters. The van der Waals surface area contributed by atoms with Crippen LogP contribution in [0.3, 0.4) is 0 Å². The minimum atomic E-state index is 0.204. The average Bonchev–Trinajstić information content (AvgIpc) is 2.05. The van der Waals surface area contributed by atoms with Gasteiger partial charge in [-0.3, -0.25) is 0 Å². The lowest BCUT2D eigenvalue weighted by atomic mass is 10.2. The van der Waals surface area contributed by atoms with E-state index in [0.29, 0.717) is 0 Å². The molecule has 0 atom stereocenters. The Hall–Kier alpha value is -1.24. The van der Waals surface area contributed by atoms with Crippen molar-refractivity contribution in [2.45, 2.75) is 20.0 Å². The van der Waals surface area contributed by atoms with Crippen molar-refractivity contribution in [3.05, 3.63) is 36.4 Å². The normalized spacial score (nSPS) is 9.92. The fourth-order valence-corrected chi connectivity index (χ4v) is 0.877. The quantitative estimate of drug-likeness (QED) is 0.662. The molecule has 1 aromatic rings. The number of hydrogen-bond donors (Lipinski definition) is 0. The average molecular weight is 161 g/mol. The standard InChI is InChI=1S/C11H13O/c1-4-10-5-7-11(8-6-10)12-9(2)3/h4-7,9H,1H2,2-3H3.